The van der Waals surface area contributed by atoms with Gasteiger partial charge in [0.15, 0.2) is 5.17 Å². The first kappa shape index (κ1) is 18.9. The van der Waals surface area contributed by atoms with Crippen LogP contribution in [0.3, 0.4) is 0 Å². The average molecular weight is 399 g/mol. The zero-order valence-electron chi connectivity index (χ0n) is 15.8. The van der Waals surface area contributed by atoms with E-state index < -0.39 is 0 Å². The largest absolute Gasteiger partial charge is 0.287 e. The molecule has 142 valence electrons. The van der Waals surface area contributed by atoms with E-state index >= 15 is 0 Å². The van der Waals surface area contributed by atoms with Crippen LogP contribution in [-0.4, -0.2) is 33.9 Å². The summed E-state index contributed by atoms with van der Waals surface area (Å²) >= 11 is 3.07. The van der Waals surface area contributed by atoms with Gasteiger partial charge in [0, 0.05) is 17.7 Å². The molecule has 2 fully saturated rings. The standard InChI is InChI=1S/C22H26N2OS2/c1-26-21(25)24-15-22(13-6-2-3-7-14-22)16-27-20(24)23-19-12-8-10-17-9-4-5-11-18(17)19/h4-5,8-12H,2-3,6-7,13-16H2,1H3. The zero-order chi connectivity index (χ0) is 18.7. The van der Waals surface area contributed by atoms with E-state index in [-0.39, 0.29) is 10.7 Å². The molecule has 3 nitrogen and oxygen atoms in total. The minimum atomic E-state index is 0.116. The highest BCUT2D eigenvalue weighted by molar-refractivity contribution is 8.15. The molecule has 0 atom stereocenters. The van der Waals surface area contributed by atoms with Crippen molar-refractivity contribution < 1.29 is 4.79 Å². The molecule has 0 aromatic heterocycles. The monoisotopic (exact) mass is 398 g/mol. The highest BCUT2D eigenvalue weighted by atomic mass is 32.2. The van der Waals surface area contributed by atoms with Crippen molar-refractivity contribution in [1.29, 1.82) is 0 Å². The van der Waals surface area contributed by atoms with E-state index in [1.807, 2.05) is 35.4 Å². The molecule has 2 aromatic rings. The smallest absolute Gasteiger partial charge is 0.281 e. The Balaban J connectivity index is 1.68. The minimum Gasteiger partial charge on any atom is -0.281 e. The summed E-state index contributed by atoms with van der Waals surface area (Å²) in [5.74, 6) is 1.08. The number of amidine groups is 1. The molecule has 1 spiro atoms. The Bertz CT molecular complexity index is 851. The minimum absolute atomic E-state index is 0.116. The maximum atomic E-state index is 12.7. The Morgan fingerprint density at radius 1 is 1.07 bits per heavy atom. The van der Waals surface area contributed by atoms with Gasteiger partial charge in [0.1, 0.15) is 0 Å². The fraction of sp³-hybridized carbons (Fsp3) is 0.455. The van der Waals surface area contributed by atoms with Crippen LogP contribution in [0.5, 0.6) is 0 Å². The summed E-state index contributed by atoms with van der Waals surface area (Å²) in [6, 6.07) is 14.5. The number of thioether (sulfide) groups is 2. The van der Waals surface area contributed by atoms with Gasteiger partial charge in [-0.2, -0.15) is 0 Å². The van der Waals surface area contributed by atoms with Gasteiger partial charge in [-0.25, -0.2) is 4.99 Å². The number of carbonyl (C=O) groups excluding carboxylic acids is 1. The van der Waals surface area contributed by atoms with Gasteiger partial charge in [-0.1, -0.05) is 85.6 Å². The summed E-state index contributed by atoms with van der Waals surface area (Å²) in [6.07, 6.45) is 9.59. The van der Waals surface area contributed by atoms with Gasteiger partial charge < -0.3 is 0 Å². The summed E-state index contributed by atoms with van der Waals surface area (Å²) in [7, 11) is 0. The van der Waals surface area contributed by atoms with Crippen LogP contribution in [0.1, 0.15) is 38.5 Å². The SMILES string of the molecule is CSC(=O)N1CC2(CCCCCC2)CSC1=Nc1cccc2ccccc12. The van der Waals surface area contributed by atoms with E-state index in [2.05, 4.69) is 18.2 Å². The van der Waals surface area contributed by atoms with Crippen LogP contribution in [-0.2, 0) is 0 Å². The molecule has 1 amide bonds. The molecular formula is C22H26N2OS2. The molecule has 1 saturated heterocycles. The van der Waals surface area contributed by atoms with Crippen LogP contribution in [0.15, 0.2) is 47.5 Å². The van der Waals surface area contributed by atoms with E-state index in [0.29, 0.717) is 0 Å². The molecule has 2 aliphatic rings. The summed E-state index contributed by atoms with van der Waals surface area (Å²) in [4.78, 5) is 19.7. The summed E-state index contributed by atoms with van der Waals surface area (Å²) in [5, 5.41) is 3.30. The van der Waals surface area contributed by atoms with Crippen molar-refractivity contribution in [2.45, 2.75) is 38.5 Å². The lowest BCUT2D eigenvalue weighted by molar-refractivity contribution is 0.202. The molecule has 1 aliphatic carbocycles. The normalized spacial score (nSPS) is 21.5. The van der Waals surface area contributed by atoms with Gasteiger partial charge >= 0.3 is 0 Å². The lowest BCUT2D eigenvalue weighted by atomic mass is 9.81. The van der Waals surface area contributed by atoms with E-state index in [9.17, 15) is 4.79 Å². The predicted molar refractivity (Wildman–Crippen MR) is 119 cm³/mol. The Kier molecular flexibility index (Phi) is 5.79. The number of nitrogens with zero attached hydrogens (tertiary/aromatic N) is 2. The van der Waals surface area contributed by atoms with Gasteiger partial charge in [0.05, 0.1) is 5.69 Å². The summed E-state index contributed by atoms with van der Waals surface area (Å²) < 4.78 is 0. The van der Waals surface area contributed by atoms with Crippen molar-refractivity contribution in [3.8, 4) is 0 Å². The maximum Gasteiger partial charge on any atom is 0.287 e. The fourth-order valence-corrected chi connectivity index (χ4v) is 5.99. The third-order valence-corrected chi connectivity index (χ3v) is 7.67. The number of hydrogen-bond acceptors (Lipinski definition) is 4. The first-order valence-electron chi connectivity index (χ1n) is 9.76. The third kappa shape index (κ3) is 4.04. The third-order valence-electron chi connectivity index (χ3n) is 5.77. The highest BCUT2D eigenvalue weighted by Crippen LogP contribution is 2.44. The number of amides is 1. The van der Waals surface area contributed by atoms with Gasteiger partial charge in [-0.15, -0.1) is 0 Å². The van der Waals surface area contributed by atoms with Gasteiger partial charge in [0.2, 0.25) is 0 Å². The van der Waals surface area contributed by atoms with Crippen molar-refractivity contribution in [2.75, 3.05) is 18.6 Å². The number of rotatable bonds is 1. The van der Waals surface area contributed by atoms with E-state index in [0.717, 1.165) is 28.5 Å². The second kappa shape index (κ2) is 8.27. The number of fused-ring (bicyclic) bond motifs is 1. The molecule has 1 saturated carbocycles. The topological polar surface area (TPSA) is 32.7 Å². The molecule has 0 bridgehead atoms. The first-order chi connectivity index (χ1) is 13.2. The lowest BCUT2D eigenvalue weighted by Gasteiger charge is -2.42. The van der Waals surface area contributed by atoms with Crippen molar-refractivity contribution >= 4 is 50.4 Å². The average Bonchev–Trinajstić information content (AvgIpc) is 2.94. The van der Waals surface area contributed by atoms with Crippen molar-refractivity contribution in [2.24, 2.45) is 10.4 Å². The molecular weight excluding hydrogens is 372 g/mol. The number of carbonyl (C=O) groups is 1. The molecule has 2 aromatic carbocycles. The number of hydrogen-bond donors (Lipinski definition) is 0. The first-order valence-corrected chi connectivity index (χ1v) is 12.0. The number of benzene rings is 2. The van der Waals surface area contributed by atoms with Crippen molar-refractivity contribution in [1.82, 2.24) is 4.90 Å². The fourth-order valence-electron chi connectivity index (χ4n) is 4.28. The second-order valence-electron chi connectivity index (χ2n) is 7.65. The van der Waals surface area contributed by atoms with Crippen LogP contribution in [0.25, 0.3) is 10.8 Å². The van der Waals surface area contributed by atoms with E-state index in [4.69, 9.17) is 4.99 Å². The zero-order valence-corrected chi connectivity index (χ0v) is 17.5. The van der Waals surface area contributed by atoms with Crippen LogP contribution in [0.2, 0.25) is 0 Å². The quantitative estimate of drug-likeness (QED) is 0.536. The predicted octanol–water partition coefficient (Wildman–Crippen LogP) is 6.70. The summed E-state index contributed by atoms with van der Waals surface area (Å²) in [5.41, 5.74) is 1.22. The number of aliphatic imine (C=N–C) groups is 1. The molecule has 1 aliphatic heterocycles. The Morgan fingerprint density at radius 3 is 2.59 bits per heavy atom. The van der Waals surface area contributed by atoms with Crippen molar-refractivity contribution in [3.05, 3.63) is 42.5 Å². The molecule has 27 heavy (non-hydrogen) atoms. The van der Waals surface area contributed by atoms with Crippen LogP contribution >= 0.6 is 23.5 Å². The highest BCUT2D eigenvalue weighted by Gasteiger charge is 2.40. The van der Waals surface area contributed by atoms with Crippen LogP contribution in [0, 0.1) is 5.41 Å². The van der Waals surface area contributed by atoms with E-state index in [1.165, 1.54) is 55.7 Å². The molecule has 5 heteroatoms. The summed E-state index contributed by atoms with van der Waals surface area (Å²) in [6.45, 7) is 0.823. The Labute approximate surface area is 170 Å². The lowest BCUT2D eigenvalue weighted by Crippen LogP contribution is -2.48. The Hall–Kier alpha value is -1.46. The van der Waals surface area contributed by atoms with Gasteiger partial charge in [-0.3, -0.25) is 9.69 Å². The Morgan fingerprint density at radius 2 is 1.81 bits per heavy atom. The molecule has 0 radical (unpaired) electrons. The molecule has 4 rings (SSSR count). The molecule has 0 N–H and O–H groups in total. The van der Waals surface area contributed by atoms with Gasteiger partial charge in [0.25, 0.3) is 5.24 Å². The van der Waals surface area contributed by atoms with Crippen LogP contribution < -0.4 is 0 Å². The molecule has 0 unspecified atom stereocenters. The van der Waals surface area contributed by atoms with Crippen molar-refractivity contribution in [3.63, 3.8) is 0 Å². The van der Waals surface area contributed by atoms with Crippen LogP contribution in [0.4, 0.5) is 10.5 Å². The molecule has 1 heterocycles. The van der Waals surface area contributed by atoms with Gasteiger partial charge in [-0.05, 0) is 36.0 Å². The second-order valence-corrected chi connectivity index (χ2v) is 9.35. The maximum absolute atomic E-state index is 12.7. The van der Waals surface area contributed by atoms with E-state index in [1.54, 1.807) is 11.8 Å².